The zero-order valence-electron chi connectivity index (χ0n) is 10.9. The number of hydrogen-bond donors (Lipinski definition) is 2. The molecule has 2 N–H and O–H groups in total. The van der Waals surface area contributed by atoms with Crippen molar-refractivity contribution in [3.05, 3.63) is 42.5 Å². The summed E-state index contributed by atoms with van der Waals surface area (Å²) in [5, 5.41) is 10.7. The molecule has 1 unspecified atom stereocenters. The van der Waals surface area contributed by atoms with Gasteiger partial charge in [0.1, 0.15) is 5.01 Å². The molecule has 0 saturated carbocycles. The van der Waals surface area contributed by atoms with Crippen molar-refractivity contribution in [1.82, 2.24) is 14.5 Å². The maximum atomic E-state index is 11.8. The normalized spacial score (nSPS) is 12.6. The van der Waals surface area contributed by atoms with Crippen molar-refractivity contribution in [2.45, 2.75) is 33.2 Å². The predicted molar refractivity (Wildman–Crippen MR) is 73.0 cm³/mol. The molecule has 0 radical (unpaired) electrons. The SMILES string of the molecule is CCc1cnc(C(C)n2c(O)c(C)c(=O)[nH]c2=O)s1. The fourth-order valence-corrected chi connectivity index (χ4v) is 2.68. The van der Waals surface area contributed by atoms with Gasteiger partial charge < -0.3 is 5.11 Å². The summed E-state index contributed by atoms with van der Waals surface area (Å²) >= 11 is 1.49. The molecule has 0 amide bonds. The van der Waals surface area contributed by atoms with E-state index in [-0.39, 0.29) is 11.4 Å². The summed E-state index contributed by atoms with van der Waals surface area (Å²) in [6, 6.07) is -0.423. The summed E-state index contributed by atoms with van der Waals surface area (Å²) in [5.41, 5.74) is -1.08. The van der Waals surface area contributed by atoms with Crippen LogP contribution < -0.4 is 11.2 Å². The molecule has 19 heavy (non-hydrogen) atoms. The number of rotatable bonds is 3. The molecular weight excluding hydrogens is 266 g/mol. The maximum absolute atomic E-state index is 11.8. The molecule has 2 aromatic heterocycles. The van der Waals surface area contributed by atoms with Gasteiger partial charge >= 0.3 is 5.69 Å². The minimum absolute atomic E-state index is 0.124. The number of aromatic nitrogens is 3. The molecule has 0 saturated heterocycles. The van der Waals surface area contributed by atoms with Crippen molar-refractivity contribution < 1.29 is 5.11 Å². The van der Waals surface area contributed by atoms with Crippen molar-refractivity contribution in [2.75, 3.05) is 0 Å². The van der Waals surface area contributed by atoms with Gasteiger partial charge in [-0.3, -0.25) is 14.3 Å². The molecule has 2 heterocycles. The van der Waals surface area contributed by atoms with Gasteiger partial charge in [-0.2, -0.15) is 0 Å². The van der Waals surface area contributed by atoms with E-state index in [9.17, 15) is 14.7 Å². The standard InChI is InChI=1S/C12H15N3O3S/c1-4-8-5-13-10(19-8)7(3)15-11(17)6(2)9(16)14-12(15)18/h5,7,17H,4H2,1-3H3,(H,14,16,18). The van der Waals surface area contributed by atoms with Gasteiger partial charge in [-0.15, -0.1) is 11.3 Å². The molecule has 102 valence electrons. The van der Waals surface area contributed by atoms with Crippen LogP contribution in [0, 0.1) is 6.92 Å². The van der Waals surface area contributed by atoms with E-state index in [0.29, 0.717) is 0 Å². The molecule has 0 spiro atoms. The lowest BCUT2D eigenvalue weighted by atomic mass is 10.3. The number of thiazole rings is 1. The second-order valence-electron chi connectivity index (χ2n) is 4.27. The van der Waals surface area contributed by atoms with Gasteiger partial charge in [0.15, 0.2) is 0 Å². The molecule has 1 atom stereocenters. The summed E-state index contributed by atoms with van der Waals surface area (Å²) < 4.78 is 1.15. The molecule has 0 aliphatic carbocycles. The van der Waals surface area contributed by atoms with Gasteiger partial charge in [-0.25, -0.2) is 9.78 Å². The minimum atomic E-state index is -0.631. The van der Waals surface area contributed by atoms with E-state index in [1.165, 1.54) is 18.3 Å². The molecule has 0 aliphatic rings. The second kappa shape index (κ2) is 5.00. The van der Waals surface area contributed by atoms with Gasteiger partial charge in [0, 0.05) is 11.1 Å². The van der Waals surface area contributed by atoms with Crippen LogP contribution in [0.4, 0.5) is 0 Å². The number of H-pyrrole nitrogens is 1. The van der Waals surface area contributed by atoms with E-state index in [2.05, 4.69) is 9.97 Å². The molecule has 0 aromatic carbocycles. The van der Waals surface area contributed by atoms with E-state index in [0.717, 1.165) is 20.9 Å². The second-order valence-corrected chi connectivity index (χ2v) is 5.42. The lowest BCUT2D eigenvalue weighted by molar-refractivity contribution is 0.384. The Kier molecular flexibility index (Phi) is 3.57. The summed E-state index contributed by atoms with van der Waals surface area (Å²) in [5.74, 6) is -0.311. The van der Waals surface area contributed by atoms with Crippen LogP contribution in [0.15, 0.2) is 15.8 Å². The summed E-state index contributed by atoms with van der Waals surface area (Å²) in [7, 11) is 0. The number of aryl methyl sites for hydroxylation is 1. The average molecular weight is 281 g/mol. The summed E-state index contributed by atoms with van der Waals surface area (Å²) in [6.07, 6.45) is 2.63. The Hall–Kier alpha value is -1.89. The summed E-state index contributed by atoms with van der Waals surface area (Å²) in [6.45, 7) is 5.25. The van der Waals surface area contributed by atoms with Crippen LogP contribution in [0.2, 0.25) is 0 Å². The van der Waals surface area contributed by atoms with E-state index >= 15 is 0 Å². The Morgan fingerprint density at radius 2 is 2.21 bits per heavy atom. The zero-order valence-corrected chi connectivity index (χ0v) is 11.7. The fraction of sp³-hybridized carbons (Fsp3) is 0.417. The van der Waals surface area contributed by atoms with Crippen molar-refractivity contribution >= 4 is 11.3 Å². The van der Waals surface area contributed by atoms with Gasteiger partial charge in [0.2, 0.25) is 5.88 Å². The molecule has 0 fully saturated rings. The third-order valence-corrected chi connectivity index (χ3v) is 4.32. The van der Waals surface area contributed by atoms with Crippen LogP contribution in [0.5, 0.6) is 5.88 Å². The molecule has 6 nitrogen and oxygen atoms in total. The number of aromatic hydroxyl groups is 1. The maximum Gasteiger partial charge on any atom is 0.331 e. The van der Waals surface area contributed by atoms with E-state index in [4.69, 9.17) is 0 Å². The highest BCUT2D eigenvalue weighted by Crippen LogP contribution is 2.25. The fourth-order valence-electron chi connectivity index (χ4n) is 1.78. The quantitative estimate of drug-likeness (QED) is 0.884. The zero-order chi connectivity index (χ0) is 14.2. The molecule has 0 bridgehead atoms. The van der Waals surface area contributed by atoms with Crippen LogP contribution >= 0.6 is 11.3 Å². The van der Waals surface area contributed by atoms with Crippen LogP contribution in [0.1, 0.15) is 35.3 Å². The number of nitrogens with zero attached hydrogens (tertiary/aromatic N) is 2. The predicted octanol–water partition coefficient (Wildman–Crippen LogP) is 1.18. The highest BCUT2D eigenvalue weighted by molar-refractivity contribution is 7.11. The van der Waals surface area contributed by atoms with Crippen LogP contribution in [0.25, 0.3) is 0 Å². The van der Waals surface area contributed by atoms with Gasteiger partial charge in [-0.05, 0) is 20.3 Å². The highest BCUT2D eigenvalue weighted by atomic mass is 32.1. The molecular formula is C12H15N3O3S. The first-order chi connectivity index (χ1) is 8.95. The smallest absolute Gasteiger partial charge is 0.331 e. The van der Waals surface area contributed by atoms with E-state index in [1.54, 1.807) is 13.1 Å². The van der Waals surface area contributed by atoms with Gasteiger partial charge in [-0.1, -0.05) is 6.92 Å². The van der Waals surface area contributed by atoms with Gasteiger partial charge in [0.25, 0.3) is 5.56 Å². The van der Waals surface area contributed by atoms with Crippen molar-refractivity contribution in [1.29, 1.82) is 0 Å². The first kappa shape index (κ1) is 13.5. The lowest BCUT2D eigenvalue weighted by Gasteiger charge is -2.14. The van der Waals surface area contributed by atoms with Crippen molar-refractivity contribution in [2.24, 2.45) is 0 Å². The first-order valence-corrected chi connectivity index (χ1v) is 6.76. The number of hydrogen-bond acceptors (Lipinski definition) is 5. The van der Waals surface area contributed by atoms with E-state index < -0.39 is 17.3 Å². The largest absolute Gasteiger partial charge is 0.494 e. The molecule has 7 heteroatoms. The lowest BCUT2D eigenvalue weighted by Crippen LogP contribution is -2.33. The van der Waals surface area contributed by atoms with Crippen LogP contribution in [-0.4, -0.2) is 19.6 Å². The molecule has 2 aromatic rings. The Morgan fingerprint density at radius 3 is 2.79 bits per heavy atom. The van der Waals surface area contributed by atoms with E-state index in [1.807, 2.05) is 6.92 Å². The first-order valence-electron chi connectivity index (χ1n) is 5.94. The topological polar surface area (TPSA) is 88.0 Å². The van der Waals surface area contributed by atoms with Crippen LogP contribution in [-0.2, 0) is 6.42 Å². The number of nitrogens with one attached hydrogen (secondary N) is 1. The van der Waals surface area contributed by atoms with Crippen molar-refractivity contribution in [3.8, 4) is 5.88 Å². The Balaban J connectivity index is 2.56. The average Bonchev–Trinajstić information content (AvgIpc) is 2.84. The Morgan fingerprint density at radius 1 is 1.53 bits per heavy atom. The highest BCUT2D eigenvalue weighted by Gasteiger charge is 2.19. The summed E-state index contributed by atoms with van der Waals surface area (Å²) in [4.78, 5) is 30.8. The monoisotopic (exact) mass is 281 g/mol. The Labute approximate surface area is 113 Å². The van der Waals surface area contributed by atoms with Crippen LogP contribution in [0.3, 0.4) is 0 Å². The molecule has 2 rings (SSSR count). The third-order valence-electron chi connectivity index (χ3n) is 3.01. The molecule has 0 aliphatic heterocycles. The number of aromatic amines is 1. The van der Waals surface area contributed by atoms with Gasteiger partial charge in [0.05, 0.1) is 11.6 Å². The minimum Gasteiger partial charge on any atom is -0.494 e. The third kappa shape index (κ3) is 2.33. The Bertz CT molecular complexity index is 714. The van der Waals surface area contributed by atoms with Crippen molar-refractivity contribution in [3.63, 3.8) is 0 Å².